The van der Waals surface area contributed by atoms with E-state index in [-0.39, 0.29) is 40.3 Å². The van der Waals surface area contributed by atoms with E-state index in [0.29, 0.717) is 22.4 Å². The summed E-state index contributed by atoms with van der Waals surface area (Å²) in [6.07, 6.45) is 0. The van der Waals surface area contributed by atoms with E-state index in [1.165, 1.54) is 33.4 Å². The number of carbonyl (C=O) groups excluding carboxylic acids is 1. The quantitative estimate of drug-likeness (QED) is 0.263. The molecule has 0 aliphatic heterocycles. The molecule has 5 rings (SSSR count). The van der Waals surface area contributed by atoms with Gasteiger partial charge in [0, 0.05) is 18.7 Å². The molecule has 10 nitrogen and oxygen atoms in total. The van der Waals surface area contributed by atoms with Crippen LogP contribution in [0.25, 0.3) is 16.7 Å². The van der Waals surface area contributed by atoms with Crippen LogP contribution in [0.15, 0.2) is 81.1 Å². The number of halogens is 1. The van der Waals surface area contributed by atoms with Crippen LogP contribution in [0.5, 0.6) is 17.2 Å². The molecule has 3 aromatic carbocycles. The molecule has 5 aromatic rings. The Bertz CT molecular complexity index is 2080. The number of aromatic nitrogens is 3. The number of esters is 1. The van der Waals surface area contributed by atoms with E-state index < -0.39 is 28.6 Å². The molecule has 220 valence electrons. The molecule has 0 atom stereocenters. The summed E-state index contributed by atoms with van der Waals surface area (Å²) < 4.78 is 34.7. The van der Waals surface area contributed by atoms with Gasteiger partial charge in [0.1, 0.15) is 34.1 Å². The number of benzene rings is 3. The van der Waals surface area contributed by atoms with Gasteiger partial charge in [-0.1, -0.05) is 24.3 Å². The molecule has 0 aliphatic rings. The van der Waals surface area contributed by atoms with E-state index in [2.05, 4.69) is 0 Å². The first-order valence-corrected chi connectivity index (χ1v) is 13.2. The number of aryl methyl sites for hydroxylation is 2. The van der Waals surface area contributed by atoms with E-state index in [0.717, 1.165) is 19.8 Å². The van der Waals surface area contributed by atoms with Gasteiger partial charge in [-0.15, -0.1) is 0 Å². The van der Waals surface area contributed by atoms with Crippen LogP contribution in [-0.2, 0) is 18.3 Å². The number of rotatable bonds is 7. The summed E-state index contributed by atoms with van der Waals surface area (Å²) in [5, 5.41) is -0.141. The third-order valence-corrected chi connectivity index (χ3v) is 7.22. The third kappa shape index (κ3) is 5.21. The van der Waals surface area contributed by atoms with Gasteiger partial charge < -0.3 is 14.2 Å². The maximum absolute atomic E-state index is 15.4. The van der Waals surface area contributed by atoms with E-state index >= 15 is 4.39 Å². The van der Waals surface area contributed by atoms with Crippen molar-refractivity contribution in [2.24, 2.45) is 7.05 Å². The molecule has 43 heavy (non-hydrogen) atoms. The number of fused-ring (bicyclic) bond motifs is 1. The summed E-state index contributed by atoms with van der Waals surface area (Å²) in [6, 6.07) is 16.9. The molecule has 0 spiro atoms. The first kappa shape index (κ1) is 29.1. The normalized spacial score (nSPS) is 11.0. The lowest BCUT2D eigenvalue weighted by molar-refractivity contribution is 0.0599. The topological polar surface area (TPSA) is 111 Å². The standard InChI is InChI=1S/C32H28FN3O7/c1-18-9-14-24(23(33)15-18)36-29-28(30(38)35(32(36)40)17-20-10-12-21(41-4)13-11-20)26(16-27(37)34(29)3)43-25-8-6-7-22(19(25)2)31(39)42-5/h6-16H,17H2,1-5H3. The fourth-order valence-electron chi connectivity index (χ4n) is 4.88. The monoisotopic (exact) mass is 585 g/mol. The lowest BCUT2D eigenvalue weighted by Gasteiger charge is -2.19. The minimum Gasteiger partial charge on any atom is -0.497 e. The van der Waals surface area contributed by atoms with Crippen LogP contribution in [0.4, 0.5) is 4.39 Å². The van der Waals surface area contributed by atoms with Crippen molar-refractivity contribution < 1.29 is 23.4 Å². The van der Waals surface area contributed by atoms with Crippen molar-refractivity contribution in [2.75, 3.05) is 14.2 Å². The number of methoxy groups -OCH3 is 2. The molecule has 0 saturated heterocycles. The first-order valence-electron chi connectivity index (χ1n) is 13.2. The number of pyridine rings is 1. The van der Waals surface area contributed by atoms with Gasteiger partial charge >= 0.3 is 11.7 Å². The van der Waals surface area contributed by atoms with Crippen LogP contribution in [-0.4, -0.2) is 33.9 Å². The van der Waals surface area contributed by atoms with Crippen molar-refractivity contribution in [3.8, 4) is 22.9 Å². The Balaban J connectivity index is 1.86. The summed E-state index contributed by atoms with van der Waals surface area (Å²) >= 11 is 0. The molecule has 0 amide bonds. The smallest absolute Gasteiger partial charge is 0.338 e. The van der Waals surface area contributed by atoms with Gasteiger partial charge in [-0.2, -0.15) is 0 Å². The average molecular weight is 586 g/mol. The maximum atomic E-state index is 15.4. The minimum absolute atomic E-state index is 0.141. The number of hydrogen-bond acceptors (Lipinski definition) is 7. The van der Waals surface area contributed by atoms with Crippen LogP contribution < -0.4 is 26.3 Å². The second-order valence-corrected chi connectivity index (χ2v) is 9.94. The van der Waals surface area contributed by atoms with Gasteiger partial charge in [0.2, 0.25) is 0 Å². The predicted molar refractivity (Wildman–Crippen MR) is 158 cm³/mol. The molecule has 0 bridgehead atoms. The van der Waals surface area contributed by atoms with Gasteiger partial charge in [-0.05, 0) is 61.4 Å². The van der Waals surface area contributed by atoms with Crippen molar-refractivity contribution in [2.45, 2.75) is 20.4 Å². The zero-order chi connectivity index (χ0) is 31.0. The highest BCUT2D eigenvalue weighted by Gasteiger charge is 2.24. The average Bonchev–Trinajstić information content (AvgIpc) is 2.99. The molecule has 0 unspecified atom stereocenters. The summed E-state index contributed by atoms with van der Waals surface area (Å²) in [7, 11) is 4.15. The highest BCUT2D eigenvalue weighted by Crippen LogP contribution is 2.31. The van der Waals surface area contributed by atoms with Crippen LogP contribution in [0.1, 0.15) is 27.0 Å². The Morgan fingerprint density at radius 1 is 0.907 bits per heavy atom. The summed E-state index contributed by atoms with van der Waals surface area (Å²) in [5.41, 5.74) is -0.694. The zero-order valence-corrected chi connectivity index (χ0v) is 24.1. The van der Waals surface area contributed by atoms with Gasteiger partial charge in [-0.25, -0.2) is 18.5 Å². The number of ether oxygens (including phenoxy) is 3. The first-order chi connectivity index (χ1) is 20.5. The Kier molecular flexibility index (Phi) is 7.73. The van der Waals surface area contributed by atoms with E-state index in [4.69, 9.17) is 14.2 Å². The summed E-state index contributed by atoms with van der Waals surface area (Å²) in [6.45, 7) is 3.17. The molecule has 2 heterocycles. The molecule has 0 radical (unpaired) electrons. The van der Waals surface area contributed by atoms with E-state index in [1.807, 2.05) is 0 Å². The van der Waals surface area contributed by atoms with Crippen molar-refractivity contribution in [3.63, 3.8) is 0 Å². The third-order valence-electron chi connectivity index (χ3n) is 7.22. The van der Waals surface area contributed by atoms with Gasteiger partial charge in [0.15, 0.2) is 0 Å². The van der Waals surface area contributed by atoms with Crippen molar-refractivity contribution in [1.29, 1.82) is 0 Å². The number of hydrogen-bond donors (Lipinski definition) is 0. The highest BCUT2D eigenvalue weighted by atomic mass is 19.1. The van der Waals surface area contributed by atoms with Crippen LogP contribution in [0.3, 0.4) is 0 Å². The Hall–Kier alpha value is -5.45. The lowest BCUT2D eigenvalue weighted by Crippen LogP contribution is -2.42. The Labute approximate surface area is 244 Å². The van der Waals surface area contributed by atoms with Crippen LogP contribution in [0.2, 0.25) is 0 Å². The van der Waals surface area contributed by atoms with Crippen molar-refractivity contribution >= 4 is 17.0 Å². The van der Waals surface area contributed by atoms with Gasteiger partial charge in [0.25, 0.3) is 11.1 Å². The van der Waals surface area contributed by atoms with Crippen molar-refractivity contribution in [1.82, 2.24) is 13.7 Å². The molecule has 0 N–H and O–H groups in total. The molecule has 2 aromatic heterocycles. The molecular weight excluding hydrogens is 557 g/mol. The fourth-order valence-corrected chi connectivity index (χ4v) is 4.88. The predicted octanol–water partition coefficient (Wildman–Crippen LogP) is 4.24. The molecule has 0 saturated carbocycles. The van der Waals surface area contributed by atoms with Crippen LogP contribution >= 0.6 is 0 Å². The fraction of sp³-hybridized carbons (Fsp3) is 0.188. The number of nitrogens with zero attached hydrogens (tertiary/aromatic N) is 3. The lowest BCUT2D eigenvalue weighted by atomic mass is 10.1. The zero-order valence-electron chi connectivity index (χ0n) is 24.1. The SMILES string of the molecule is COC(=O)c1cccc(Oc2cc(=O)n(C)c3c2c(=O)n(Cc2ccc(OC)cc2)c(=O)n3-c2ccc(C)cc2F)c1C. The van der Waals surface area contributed by atoms with Gasteiger partial charge in [0.05, 0.1) is 32.0 Å². The maximum Gasteiger partial charge on any atom is 0.338 e. The minimum atomic E-state index is -0.855. The van der Waals surface area contributed by atoms with Gasteiger partial charge in [-0.3, -0.25) is 18.7 Å². The largest absolute Gasteiger partial charge is 0.497 e. The second-order valence-electron chi connectivity index (χ2n) is 9.94. The van der Waals surface area contributed by atoms with E-state index in [1.54, 1.807) is 62.4 Å². The molecule has 0 aliphatic carbocycles. The Morgan fingerprint density at radius 3 is 2.28 bits per heavy atom. The van der Waals surface area contributed by atoms with Crippen LogP contribution in [0, 0.1) is 19.7 Å². The van der Waals surface area contributed by atoms with E-state index in [9.17, 15) is 19.2 Å². The number of carbonyl (C=O) groups is 1. The highest BCUT2D eigenvalue weighted by molar-refractivity contribution is 5.92. The Morgan fingerprint density at radius 2 is 1.63 bits per heavy atom. The van der Waals surface area contributed by atoms with Crippen molar-refractivity contribution in [3.05, 3.63) is 126 Å². The molecule has 11 heteroatoms. The second kappa shape index (κ2) is 11.4. The molecule has 0 fully saturated rings. The summed E-state index contributed by atoms with van der Waals surface area (Å²) in [4.78, 5) is 53.7. The summed E-state index contributed by atoms with van der Waals surface area (Å²) in [5.74, 6) is -0.722. The molecular formula is C32H28FN3O7.